The Morgan fingerprint density at radius 3 is 0.992 bits per heavy atom. The summed E-state index contributed by atoms with van der Waals surface area (Å²) in [6.07, 6.45) is 1.79. The number of anilines is 7. The molecule has 0 fully saturated rings. The van der Waals surface area contributed by atoms with E-state index in [1.165, 1.54) is 34.6 Å². The SMILES string of the molecule is CC(C)(O)c1cc2c(-c3ccccc3)nsc2cc1N.CC(C)(O)c1cc2cnsc2cc1N.CC(C)(O)c1cc2nc(-c3ccccc3)sc2cc1N.CC(C)(O)c1cc2ncsc2cc1N.CC(C)(O)c1cc2sc(-c3ccccc3)nc2cc1N.CC(C)(O)c1cc2scnc2cc1N.CC(C)(O)c1cc2snc(-c3ccccc3)c2cc1N. The Labute approximate surface area is 736 Å². The molecule has 0 aliphatic heterocycles. The summed E-state index contributed by atoms with van der Waals surface area (Å²) in [7, 11) is 0. The minimum atomic E-state index is -0.964. The lowest BCUT2D eigenvalue weighted by Gasteiger charge is -2.20. The van der Waals surface area contributed by atoms with Crippen LogP contribution >= 0.6 is 79.9 Å². The van der Waals surface area contributed by atoms with E-state index in [-0.39, 0.29) is 0 Å². The number of fused-ring (bicyclic) bond motifs is 7. The van der Waals surface area contributed by atoms with E-state index in [1.54, 1.807) is 166 Å². The van der Waals surface area contributed by atoms with Gasteiger partial charge in [-0.15, -0.1) is 45.3 Å². The molecule has 21 nitrogen and oxygen atoms in total. The minimum Gasteiger partial charge on any atom is -0.398 e. The number of nitrogens with two attached hydrogens (primary N) is 7. The number of thiazole rings is 4. The van der Waals surface area contributed by atoms with Gasteiger partial charge >= 0.3 is 0 Å². The van der Waals surface area contributed by atoms with Crippen molar-refractivity contribution in [2.24, 2.45) is 0 Å². The predicted octanol–water partition coefficient (Wildman–Crippen LogP) is 21.4. The summed E-state index contributed by atoms with van der Waals surface area (Å²) in [5.74, 6) is 0. The Kier molecular flexibility index (Phi) is 26.8. The van der Waals surface area contributed by atoms with Crippen LogP contribution in [0.1, 0.15) is 136 Å². The molecule has 0 saturated heterocycles. The highest BCUT2D eigenvalue weighted by Crippen LogP contribution is 2.43. The van der Waals surface area contributed by atoms with E-state index < -0.39 is 39.2 Å². The summed E-state index contributed by atoms with van der Waals surface area (Å²) in [5, 5.41) is 75.3. The maximum absolute atomic E-state index is 10.2. The number of nitrogen functional groups attached to an aromatic ring is 7. The largest absolute Gasteiger partial charge is 0.398 e. The van der Waals surface area contributed by atoms with E-state index in [0.717, 1.165) is 154 Å². The molecular weight excluding hydrogens is 1660 g/mol. The number of aromatic nitrogens is 7. The Hall–Kier alpha value is -11.0. The van der Waals surface area contributed by atoms with Gasteiger partial charge in [-0.2, -0.15) is 13.1 Å². The minimum absolute atomic E-state index is 0.579. The van der Waals surface area contributed by atoms with Crippen molar-refractivity contribution in [3.63, 3.8) is 0 Å². The summed E-state index contributed by atoms with van der Waals surface area (Å²) in [6.45, 7) is 24.3. The zero-order valence-electron chi connectivity index (χ0n) is 70.0. The first-order chi connectivity index (χ1) is 57.3. The second-order valence-electron chi connectivity index (χ2n) is 33.0. The molecule has 28 heteroatoms. The number of rotatable bonds is 11. The standard InChI is InChI=1S/4C16H16N2OS.3C10H12N2OS/c1-16(2,19)12-9-14-11(8-13(12)17)15(18-20-14)10-6-4-3-5-7-10;1-16(2,19)11-8-14-13(9-12(11)17)18-15(20-14)10-6-4-3-5-7-10;1-16(2,19)11-8-13-14(9-12(11)17)20-15(18-13)10-6-4-3-5-7-10;1-16(2,19)12-8-11-14(9-13(12)17)20-18-15(11)10-6-4-3-5-7-10;1-10(2,13)6-3-9-8(4-7(6)11)12-5-14-9;1-10(2,13)6-3-8-9(4-7(6)11)14-5-12-8;1-10(2,13)7-3-6-5-12-14-9(6)4-8(7)11/h4*3-9,19H,17H2,1-2H3;3*3-5,13H,11H2,1-2H3. The van der Waals surface area contributed by atoms with Crippen molar-refractivity contribution in [2.45, 2.75) is 136 Å². The third-order valence-electron chi connectivity index (χ3n) is 19.7. The third-order valence-corrected chi connectivity index (χ3v) is 25.8. The van der Waals surface area contributed by atoms with E-state index in [9.17, 15) is 35.7 Å². The van der Waals surface area contributed by atoms with Crippen molar-refractivity contribution < 1.29 is 35.7 Å². The first-order valence-electron chi connectivity index (χ1n) is 38.8. The van der Waals surface area contributed by atoms with Crippen molar-refractivity contribution in [3.05, 3.63) is 262 Å². The molecule has 122 heavy (non-hydrogen) atoms. The maximum atomic E-state index is 10.2. The van der Waals surface area contributed by atoms with Crippen LogP contribution in [0.5, 0.6) is 0 Å². The Bertz CT molecular complexity index is 6290. The molecule has 7 aromatic heterocycles. The number of nitrogens with zero attached hydrogens (tertiary/aromatic N) is 7. The summed E-state index contributed by atoms with van der Waals surface area (Å²) in [6, 6.07) is 66.7. The van der Waals surface area contributed by atoms with Gasteiger partial charge in [0.25, 0.3) is 0 Å². The molecule has 0 aliphatic rings. The molecule has 0 radical (unpaired) electrons. The van der Waals surface area contributed by atoms with Gasteiger partial charge in [-0.25, -0.2) is 19.9 Å². The van der Waals surface area contributed by atoms with E-state index in [1.807, 2.05) is 200 Å². The van der Waals surface area contributed by atoms with Crippen molar-refractivity contribution >= 4 is 191 Å². The molecule has 0 bridgehead atoms. The van der Waals surface area contributed by atoms with E-state index in [2.05, 4.69) is 33.1 Å². The molecule has 18 aromatic rings. The normalized spacial score (nSPS) is 12.0. The van der Waals surface area contributed by atoms with Crippen LogP contribution in [-0.2, 0) is 39.2 Å². The molecule has 0 unspecified atom stereocenters. The zero-order chi connectivity index (χ0) is 88.3. The van der Waals surface area contributed by atoms with Gasteiger partial charge in [0.05, 0.1) is 117 Å². The van der Waals surface area contributed by atoms with Crippen LogP contribution in [0.2, 0.25) is 0 Å². The monoisotopic (exact) mass is 1760 g/mol. The van der Waals surface area contributed by atoms with Gasteiger partial charge in [0, 0.05) is 123 Å². The highest BCUT2D eigenvalue weighted by molar-refractivity contribution is 7.22. The molecule has 0 saturated carbocycles. The van der Waals surface area contributed by atoms with E-state index >= 15 is 0 Å². The van der Waals surface area contributed by atoms with Crippen LogP contribution in [0.3, 0.4) is 0 Å². The van der Waals surface area contributed by atoms with Crippen LogP contribution in [0.4, 0.5) is 39.8 Å². The van der Waals surface area contributed by atoms with Crippen LogP contribution in [0, 0.1) is 0 Å². The van der Waals surface area contributed by atoms with Gasteiger partial charge in [-0.3, -0.25) is 0 Å². The first-order valence-corrected chi connectivity index (χ1v) is 44.5. The Balaban J connectivity index is 0.000000131. The molecule has 0 spiro atoms. The predicted molar refractivity (Wildman–Crippen MR) is 517 cm³/mol. The average molecular weight is 1760 g/mol. The summed E-state index contributed by atoms with van der Waals surface area (Å²) in [5.41, 5.74) is 57.9. The van der Waals surface area contributed by atoms with Crippen molar-refractivity contribution in [3.8, 4) is 43.7 Å². The van der Waals surface area contributed by atoms with Gasteiger partial charge in [0.2, 0.25) is 0 Å². The van der Waals surface area contributed by atoms with Gasteiger partial charge < -0.3 is 75.9 Å². The lowest BCUT2D eigenvalue weighted by molar-refractivity contribution is 0.0789. The van der Waals surface area contributed by atoms with Gasteiger partial charge in [0.1, 0.15) is 10.0 Å². The average Bonchev–Trinajstić information content (AvgIpc) is 1.44. The summed E-state index contributed by atoms with van der Waals surface area (Å²) >= 11 is 10.6. The number of aliphatic hydroxyl groups is 7. The first kappa shape index (κ1) is 90.2. The zero-order valence-corrected chi connectivity index (χ0v) is 75.7. The van der Waals surface area contributed by atoms with Gasteiger partial charge in [0.15, 0.2) is 0 Å². The van der Waals surface area contributed by atoms with Crippen LogP contribution in [0.25, 0.3) is 115 Å². The van der Waals surface area contributed by atoms with Crippen molar-refractivity contribution in [2.75, 3.05) is 40.1 Å². The van der Waals surface area contributed by atoms with Crippen LogP contribution in [0.15, 0.2) is 223 Å². The molecule has 0 amide bonds. The lowest BCUT2D eigenvalue weighted by atomic mass is 9.94. The molecule has 630 valence electrons. The third kappa shape index (κ3) is 21.5. The fourth-order valence-corrected chi connectivity index (χ4v) is 19.2. The number of hydrogen-bond acceptors (Lipinski definition) is 28. The second kappa shape index (κ2) is 36.2. The molecule has 21 N–H and O–H groups in total. The highest BCUT2D eigenvalue weighted by atomic mass is 32.1. The molecule has 11 aromatic carbocycles. The second-order valence-corrected chi connectivity index (χ2v) is 39.3. The molecule has 0 aliphatic carbocycles. The Morgan fingerprint density at radius 2 is 0.557 bits per heavy atom. The maximum Gasteiger partial charge on any atom is 0.124 e. The van der Waals surface area contributed by atoms with E-state index in [4.69, 9.17) is 40.1 Å². The van der Waals surface area contributed by atoms with Gasteiger partial charge in [-0.1, -0.05) is 121 Å². The topological polar surface area (TPSA) is 414 Å². The highest BCUT2D eigenvalue weighted by Gasteiger charge is 2.28. The van der Waals surface area contributed by atoms with Crippen molar-refractivity contribution in [1.29, 1.82) is 0 Å². The smallest absolute Gasteiger partial charge is 0.124 e. The van der Waals surface area contributed by atoms with E-state index in [0.29, 0.717) is 39.8 Å². The lowest BCUT2D eigenvalue weighted by Crippen LogP contribution is -2.17. The molecule has 18 rings (SSSR count). The number of hydrogen-bond donors (Lipinski definition) is 14. The molecular formula is C94H100N14O7S7. The Morgan fingerprint density at radius 1 is 0.270 bits per heavy atom. The van der Waals surface area contributed by atoms with Gasteiger partial charge in [-0.05, 0) is 216 Å². The van der Waals surface area contributed by atoms with Crippen LogP contribution < -0.4 is 40.1 Å². The summed E-state index contributed by atoms with van der Waals surface area (Å²) < 4.78 is 20.4. The fourth-order valence-electron chi connectivity index (χ4n) is 13.5. The molecule has 7 heterocycles. The fraction of sp³-hybridized carbons (Fsp3) is 0.223. The quantitative estimate of drug-likeness (QED) is 0.0535. The number of benzene rings is 11. The summed E-state index contributed by atoms with van der Waals surface area (Å²) in [4.78, 5) is 17.6. The van der Waals surface area contributed by atoms with Crippen LogP contribution in [-0.4, -0.2) is 68.8 Å². The van der Waals surface area contributed by atoms with Crippen molar-refractivity contribution in [1.82, 2.24) is 33.1 Å². The molecule has 0 atom stereocenters.